The predicted molar refractivity (Wildman–Crippen MR) is 121 cm³/mol. The largest absolute Gasteiger partial charge is 0.444 e. The number of rotatable bonds is 3. The fraction of sp³-hybridized carbons (Fsp3) is 0.565. The summed E-state index contributed by atoms with van der Waals surface area (Å²) in [6.07, 6.45) is 6.79. The zero-order valence-corrected chi connectivity index (χ0v) is 19.1. The summed E-state index contributed by atoms with van der Waals surface area (Å²) in [7, 11) is 0. The first-order chi connectivity index (χ1) is 15.3. The molecule has 2 aliphatic rings. The van der Waals surface area contributed by atoms with Gasteiger partial charge in [0, 0.05) is 63.9 Å². The molecule has 0 radical (unpaired) electrons. The Labute approximate surface area is 189 Å². The van der Waals surface area contributed by atoms with Gasteiger partial charge in [0.15, 0.2) is 0 Å². The van der Waals surface area contributed by atoms with Gasteiger partial charge in [-0.3, -0.25) is 4.79 Å². The summed E-state index contributed by atoms with van der Waals surface area (Å²) in [5.41, 5.74) is 0.218. The monoisotopic (exact) mass is 440 g/mol. The average molecular weight is 441 g/mol. The molecule has 0 spiro atoms. The number of ether oxygens (including phenoxy) is 1. The molecule has 0 atom stereocenters. The van der Waals surface area contributed by atoms with Crippen LogP contribution in [-0.2, 0) is 4.74 Å². The third kappa shape index (κ3) is 5.03. The van der Waals surface area contributed by atoms with Crippen molar-refractivity contribution in [2.45, 2.75) is 45.3 Å². The summed E-state index contributed by atoms with van der Waals surface area (Å²) in [6.45, 7) is 9.59. The quantitative estimate of drug-likeness (QED) is 0.730. The van der Waals surface area contributed by atoms with E-state index in [1.165, 1.54) is 0 Å². The lowest BCUT2D eigenvalue weighted by atomic mass is 10.0. The summed E-state index contributed by atoms with van der Waals surface area (Å²) in [5.74, 6) is 0.762. The Morgan fingerprint density at radius 3 is 2.22 bits per heavy atom. The van der Waals surface area contributed by atoms with Crippen molar-refractivity contribution in [2.75, 3.05) is 44.2 Å². The van der Waals surface area contributed by atoms with Crippen molar-refractivity contribution < 1.29 is 14.3 Å². The summed E-state index contributed by atoms with van der Waals surface area (Å²) in [4.78, 5) is 40.0. The Hall–Kier alpha value is -3.10. The molecule has 9 nitrogen and oxygen atoms in total. The van der Waals surface area contributed by atoms with E-state index in [2.05, 4.69) is 19.4 Å². The van der Waals surface area contributed by atoms with Crippen LogP contribution in [0.15, 0.2) is 36.8 Å². The van der Waals surface area contributed by atoms with Crippen molar-refractivity contribution in [2.24, 2.45) is 0 Å². The maximum Gasteiger partial charge on any atom is 0.410 e. The van der Waals surface area contributed by atoms with Gasteiger partial charge in [-0.2, -0.15) is 0 Å². The minimum atomic E-state index is -0.495. The maximum absolute atomic E-state index is 13.3. The Balaban J connectivity index is 1.34. The molecule has 9 heteroatoms. The van der Waals surface area contributed by atoms with Crippen molar-refractivity contribution >= 4 is 17.9 Å². The van der Waals surface area contributed by atoms with Gasteiger partial charge in [0.1, 0.15) is 11.3 Å². The highest BCUT2D eigenvalue weighted by Crippen LogP contribution is 2.26. The van der Waals surface area contributed by atoms with Gasteiger partial charge in [-0.1, -0.05) is 0 Å². The van der Waals surface area contributed by atoms with Gasteiger partial charge in [-0.25, -0.2) is 14.8 Å². The smallest absolute Gasteiger partial charge is 0.410 e. The molecule has 2 aliphatic heterocycles. The fourth-order valence-corrected chi connectivity index (χ4v) is 4.27. The number of likely N-dealkylation sites (tertiary alicyclic amines) is 1. The number of aromatic nitrogens is 3. The van der Waals surface area contributed by atoms with Crippen LogP contribution in [0.2, 0.25) is 0 Å². The Bertz CT molecular complexity index is 923. The molecule has 2 aromatic heterocycles. The van der Waals surface area contributed by atoms with Gasteiger partial charge in [0.2, 0.25) is 5.95 Å². The molecule has 0 unspecified atom stereocenters. The number of carbonyl (C=O) groups is 2. The van der Waals surface area contributed by atoms with Crippen LogP contribution in [0.25, 0.3) is 0 Å². The number of piperidine rings is 1. The van der Waals surface area contributed by atoms with Crippen LogP contribution in [0.4, 0.5) is 10.7 Å². The van der Waals surface area contributed by atoms with Gasteiger partial charge in [-0.05, 0) is 51.8 Å². The highest BCUT2D eigenvalue weighted by atomic mass is 16.6. The molecule has 172 valence electrons. The SMILES string of the molecule is CC(C)(C)OC(=O)N1CCC(n2cccc2C(=O)N2CCN(c3ncccn3)CC2)CC1. The minimum absolute atomic E-state index is 0.0539. The highest BCUT2D eigenvalue weighted by molar-refractivity contribution is 5.93. The van der Waals surface area contributed by atoms with E-state index >= 15 is 0 Å². The number of amides is 2. The van der Waals surface area contributed by atoms with Crippen molar-refractivity contribution in [1.82, 2.24) is 24.3 Å². The van der Waals surface area contributed by atoms with Crippen molar-refractivity contribution in [3.05, 3.63) is 42.5 Å². The normalized spacial score (nSPS) is 18.0. The molecule has 0 aromatic carbocycles. The van der Waals surface area contributed by atoms with E-state index in [1.807, 2.05) is 44.0 Å². The van der Waals surface area contributed by atoms with E-state index in [4.69, 9.17) is 4.74 Å². The Morgan fingerprint density at radius 1 is 0.938 bits per heavy atom. The third-order valence-corrected chi connectivity index (χ3v) is 5.91. The zero-order chi connectivity index (χ0) is 22.7. The molecule has 2 aromatic rings. The Morgan fingerprint density at radius 2 is 1.59 bits per heavy atom. The second-order valence-corrected chi connectivity index (χ2v) is 9.33. The van der Waals surface area contributed by atoms with E-state index in [0.717, 1.165) is 12.8 Å². The summed E-state index contributed by atoms with van der Waals surface area (Å²) in [5, 5.41) is 0. The minimum Gasteiger partial charge on any atom is -0.444 e. The van der Waals surface area contributed by atoms with Gasteiger partial charge >= 0.3 is 6.09 Å². The van der Waals surface area contributed by atoms with Crippen LogP contribution in [0.3, 0.4) is 0 Å². The third-order valence-electron chi connectivity index (χ3n) is 5.91. The molecular formula is C23H32N6O3. The number of anilines is 1. The van der Waals surface area contributed by atoms with E-state index in [9.17, 15) is 9.59 Å². The molecule has 2 amide bonds. The molecular weight excluding hydrogens is 408 g/mol. The zero-order valence-electron chi connectivity index (χ0n) is 19.1. The maximum atomic E-state index is 13.3. The van der Waals surface area contributed by atoms with Crippen LogP contribution >= 0.6 is 0 Å². The summed E-state index contributed by atoms with van der Waals surface area (Å²) >= 11 is 0. The van der Waals surface area contributed by atoms with E-state index < -0.39 is 5.60 Å². The number of nitrogens with zero attached hydrogens (tertiary/aromatic N) is 6. The van der Waals surface area contributed by atoms with E-state index in [0.29, 0.717) is 50.9 Å². The lowest BCUT2D eigenvalue weighted by Crippen LogP contribution is -2.49. The second kappa shape index (κ2) is 9.18. The molecule has 32 heavy (non-hydrogen) atoms. The van der Waals surface area contributed by atoms with Crippen LogP contribution in [-0.4, -0.2) is 81.2 Å². The van der Waals surface area contributed by atoms with Crippen LogP contribution < -0.4 is 4.90 Å². The van der Waals surface area contributed by atoms with Crippen LogP contribution in [0.1, 0.15) is 50.1 Å². The van der Waals surface area contributed by atoms with Gasteiger partial charge < -0.3 is 24.0 Å². The highest BCUT2D eigenvalue weighted by Gasteiger charge is 2.30. The number of hydrogen-bond acceptors (Lipinski definition) is 6. The van der Waals surface area contributed by atoms with Crippen LogP contribution in [0.5, 0.6) is 0 Å². The standard InChI is InChI=1S/C23H32N6O3/c1-23(2,3)32-22(31)28-12-7-18(8-13-28)29-11-4-6-19(29)20(30)26-14-16-27(17-15-26)21-24-9-5-10-25-21/h4-6,9-11,18H,7-8,12-17H2,1-3H3. The number of carbonyl (C=O) groups excluding carboxylic acids is 2. The molecule has 0 bridgehead atoms. The van der Waals surface area contributed by atoms with Crippen molar-refractivity contribution in [1.29, 1.82) is 0 Å². The summed E-state index contributed by atoms with van der Waals surface area (Å²) < 4.78 is 7.58. The number of piperazine rings is 1. The van der Waals surface area contributed by atoms with Gasteiger partial charge in [-0.15, -0.1) is 0 Å². The molecule has 4 rings (SSSR count). The first-order valence-corrected chi connectivity index (χ1v) is 11.3. The first kappa shape index (κ1) is 22.1. The van der Waals surface area contributed by atoms with E-state index in [-0.39, 0.29) is 18.0 Å². The Kier molecular flexibility index (Phi) is 6.34. The van der Waals surface area contributed by atoms with Crippen molar-refractivity contribution in [3.8, 4) is 0 Å². The molecule has 0 aliphatic carbocycles. The lowest BCUT2D eigenvalue weighted by Gasteiger charge is -2.36. The molecule has 0 saturated carbocycles. The number of hydrogen-bond donors (Lipinski definition) is 0. The summed E-state index contributed by atoms with van der Waals surface area (Å²) in [6, 6.07) is 5.83. The topological polar surface area (TPSA) is 83.8 Å². The van der Waals surface area contributed by atoms with Crippen LogP contribution in [0, 0.1) is 0 Å². The van der Waals surface area contributed by atoms with Crippen molar-refractivity contribution in [3.63, 3.8) is 0 Å². The fourth-order valence-electron chi connectivity index (χ4n) is 4.27. The van der Waals surface area contributed by atoms with Gasteiger partial charge in [0.25, 0.3) is 5.91 Å². The average Bonchev–Trinajstić information content (AvgIpc) is 3.28. The first-order valence-electron chi connectivity index (χ1n) is 11.3. The molecule has 2 saturated heterocycles. The molecule has 0 N–H and O–H groups in total. The van der Waals surface area contributed by atoms with Gasteiger partial charge in [0.05, 0.1) is 0 Å². The van der Waals surface area contributed by atoms with E-state index in [1.54, 1.807) is 23.4 Å². The lowest BCUT2D eigenvalue weighted by molar-refractivity contribution is 0.0186. The molecule has 4 heterocycles. The molecule has 2 fully saturated rings. The second-order valence-electron chi connectivity index (χ2n) is 9.33. The predicted octanol–water partition coefficient (Wildman–Crippen LogP) is 2.81.